The minimum Gasteiger partial charge on any atom is -0.480 e. The fourth-order valence-electron chi connectivity index (χ4n) is 6.06. The van der Waals surface area contributed by atoms with Crippen LogP contribution < -0.4 is 10.6 Å². The Balaban J connectivity index is 1.17. The summed E-state index contributed by atoms with van der Waals surface area (Å²) < 4.78 is 5.66. The number of amides is 2. The van der Waals surface area contributed by atoms with E-state index in [1.54, 1.807) is 0 Å². The molecular weight excluding hydrogens is 444 g/mol. The van der Waals surface area contributed by atoms with Crippen molar-refractivity contribution in [1.82, 2.24) is 10.6 Å². The van der Waals surface area contributed by atoms with Gasteiger partial charge < -0.3 is 20.5 Å². The van der Waals surface area contributed by atoms with Crippen LogP contribution in [0.2, 0.25) is 0 Å². The number of carbonyl (C=O) groups is 3. The monoisotopic (exact) mass is 476 g/mol. The Kier molecular flexibility index (Phi) is 6.03. The van der Waals surface area contributed by atoms with E-state index in [1.165, 1.54) is 11.1 Å². The first-order chi connectivity index (χ1) is 16.8. The van der Waals surface area contributed by atoms with Gasteiger partial charge in [0.1, 0.15) is 12.6 Å². The second kappa shape index (κ2) is 9.02. The number of carboxylic acids is 1. The lowest BCUT2D eigenvalue weighted by molar-refractivity contribution is -0.144. The van der Waals surface area contributed by atoms with Crippen molar-refractivity contribution in [3.63, 3.8) is 0 Å². The Morgan fingerprint density at radius 3 is 2.29 bits per heavy atom. The molecule has 0 aliphatic heterocycles. The van der Waals surface area contributed by atoms with Gasteiger partial charge in [0.25, 0.3) is 0 Å². The minimum absolute atomic E-state index is 0.00393. The molecule has 184 valence electrons. The third kappa shape index (κ3) is 4.17. The van der Waals surface area contributed by atoms with E-state index in [0.717, 1.165) is 17.5 Å². The fraction of sp³-hybridized carbons (Fsp3) is 0.464. The van der Waals surface area contributed by atoms with Gasteiger partial charge in [-0.1, -0.05) is 68.8 Å². The van der Waals surface area contributed by atoms with Crippen molar-refractivity contribution >= 4 is 18.0 Å². The van der Waals surface area contributed by atoms with E-state index in [2.05, 4.69) is 34.9 Å². The molecule has 0 heterocycles. The molecule has 2 aromatic rings. The van der Waals surface area contributed by atoms with Crippen molar-refractivity contribution in [2.45, 2.75) is 57.5 Å². The molecule has 5 rings (SSSR count). The van der Waals surface area contributed by atoms with E-state index in [4.69, 9.17) is 4.74 Å². The molecule has 3 aliphatic carbocycles. The zero-order valence-electron chi connectivity index (χ0n) is 20.1. The summed E-state index contributed by atoms with van der Waals surface area (Å²) in [5.74, 6) is -1.19. The van der Waals surface area contributed by atoms with Crippen molar-refractivity contribution in [1.29, 1.82) is 0 Å². The number of rotatable bonds is 8. The number of hydrogen-bond acceptors (Lipinski definition) is 4. The number of carboxylic acid groups (broad SMARTS) is 1. The zero-order chi connectivity index (χ0) is 24.7. The Morgan fingerprint density at radius 1 is 1.06 bits per heavy atom. The number of nitrogens with one attached hydrogen (secondary N) is 2. The van der Waals surface area contributed by atoms with Gasteiger partial charge in [-0.2, -0.15) is 0 Å². The molecule has 35 heavy (non-hydrogen) atoms. The van der Waals surface area contributed by atoms with Crippen LogP contribution in [0.3, 0.4) is 0 Å². The van der Waals surface area contributed by atoms with Gasteiger partial charge in [-0.05, 0) is 53.4 Å². The fourth-order valence-corrected chi connectivity index (χ4v) is 6.06. The minimum atomic E-state index is -1.01. The maximum absolute atomic E-state index is 13.0. The van der Waals surface area contributed by atoms with Crippen molar-refractivity contribution in [3.05, 3.63) is 59.7 Å². The molecule has 0 aromatic heterocycles. The highest BCUT2D eigenvalue weighted by Crippen LogP contribution is 2.63. The maximum Gasteiger partial charge on any atom is 0.407 e. The third-order valence-electron chi connectivity index (χ3n) is 8.30. The molecule has 0 radical (unpaired) electrons. The highest BCUT2D eigenvalue weighted by molar-refractivity contribution is 5.90. The largest absolute Gasteiger partial charge is 0.480 e. The summed E-state index contributed by atoms with van der Waals surface area (Å²) in [7, 11) is 0. The smallest absolute Gasteiger partial charge is 0.407 e. The van der Waals surface area contributed by atoms with Crippen LogP contribution in [0.4, 0.5) is 4.79 Å². The van der Waals surface area contributed by atoms with Crippen LogP contribution in [0.5, 0.6) is 0 Å². The van der Waals surface area contributed by atoms with Gasteiger partial charge in [-0.25, -0.2) is 9.59 Å². The lowest BCUT2D eigenvalue weighted by atomic mass is 9.96. The SMILES string of the molecule is CCC(C)[C@H](NC(=O)[C@]12C[C@H](NC(=O)OCC3c4ccccc4-c4ccccc43)C[C@H]1C2)C(=O)O. The average molecular weight is 477 g/mol. The molecule has 0 saturated heterocycles. The van der Waals surface area contributed by atoms with Crippen LogP contribution in [0.1, 0.15) is 56.6 Å². The van der Waals surface area contributed by atoms with Gasteiger partial charge in [-0.15, -0.1) is 0 Å². The van der Waals surface area contributed by atoms with E-state index in [1.807, 2.05) is 38.1 Å². The zero-order valence-corrected chi connectivity index (χ0v) is 20.1. The van der Waals surface area contributed by atoms with Gasteiger partial charge in [0.15, 0.2) is 0 Å². The Labute approximate surface area is 205 Å². The van der Waals surface area contributed by atoms with Gasteiger partial charge in [0, 0.05) is 12.0 Å². The topological polar surface area (TPSA) is 105 Å². The molecule has 3 aliphatic rings. The number of benzene rings is 2. The molecule has 5 atom stereocenters. The standard InChI is InChI=1S/C28H32N2O5/c1-3-16(2)24(25(31)32)30-26(33)28-13-17(28)12-18(14-28)29-27(34)35-15-23-21-10-6-4-8-19(21)20-9-5-7-11-22(20)23/h4-11,16-18,23-24H,3,12-15H2,1-2H3,(H,29,34)(H,30,33)(H,31,32)/t16?,17-,18+,24-,28+/m0/s1. The molecule has 7 heteroatoms. The second-order valence-electron chi connectivity index (χ2n) is 10.3. The maximum atomic E-state index is 13.0. The summed E-state index contributed by atoms with van der Waals surface area (Å²) in [6.45, 7) is 3.99. The highest BCUT2D eigenvalue weighted by atomic mass is 16.5. The van der Waals surface area contributed by atoms with Crippen LogP contribution in [0.15, 0.2) is 48.5 Å². The Morgan fingerprint density at radius 2 is 1.69 bits per heavy atom. The van der Waals surface area contributed by atoms with Crippen LogP contribution >= 0.6 is 0 Å². The summed E-state index contributed by atoms with van der Waals surface area (Å²) in [5.41, 5.74) is 4.11. The van der Waals surface area contributed by atoms with Gasteiger partial charge in [-0.3, -0.25) is 4.79 Å². The first kappa shape index (κ1) is 23.4. The first-order valence-electron chi connectivity index (χ1n) is 12.5. The second-order valence-corrected chi connectivity index (χ2v) is 10.3. The van der Waals surface area contributed by atoms with Crippen LogP contribution in [-0.4, -0.2) is 41.8 Å². The quantitative estimate of drug-likeness (QED) is 0.527. The van der Waals surface area contributed by atoms with Crippen molar-refractivity contribution < 1.29 is 24.2 Å². The number of fused-ring (bicyclic) bond motifs is 4. The predicted octanol–water partition coefficient (Wildman–Crippen LogP) is 4.31. The normalized spacial score (nSPS) is 25.5. The van der Waals surface area contributed by atoms with Crippen LogP contribution in [0.25, 0.3) is 11.1 Å². The molecule has 2 aromatic carbocycles. The summed E-state index contributed by atoms with van der Waals surface area (Å²) in [4.78, 5) is 37.3. The lowest BCUT2D eigenvalue weighted by Gasteiger charge is -2.24. The van der Waals surface area contributed by atoms with E-state index < -0.39 is 23.5 Å². The van der Waals surface area contributed by atoms with Gasteiger partial charge in [0.2, 0.25) is 5.91 Å². The van der Waals surface area contributed by atoms with Crippen molar-refractivity contribution in [2.75, 3.05) is 6.61 Å². The predicted molar refractivity (Wildman–Crippen MR) is 131 cm³/mol. The molecule has 0 spiro atoms. The number of carbonyl (C=O) groups excluding carboxylic acids is 2. The van der Waals surface area contributed by atoms with Crippen LogP contribution in [0, 0.1) is 17.3 Å². The highest BCUT2D eigenvalue weighted by Gasteiger charge is 2.65. The number of alkyl carbamates (subject to hydrolysis) is 1. The molecule has 0 bridgehead atoms. The Hall–Kier alpha value is -3.35. The molecule has 2 amide bonds. The summed E-state index contributed by atoms with van der Waals surface area (Å²) in [6, 6.07) is 15.4. The Bertz CT molecular complexity index is 1120. The molecular formula is C28H32N2O5. The number of aliphatic carboxylic acids is 1. The number of hydrogen-bond donors (Lipinski definition) is 3. The van der Waals surface area contributed by atoms with Gasteiger partial charge in [0.05, 0.1) is 5.41 Å². The summed E-state index contributed by atoms with van der Waals surface area (Å²) >= 11 is 0. The average Bonchev–Trinajstić information content (AvgIpc) is 3.28. The molecule has 3 N–H and O–H groups in total. The molecule has 2 saturated carbocycles. The molecule has 2 fully saturated rings. The van der Waals surface area contributed by atoms with Crippen molar-refractivity contribution in [3.8, 4) is 11.1 Å². The van der Waals surface area contributed by atoms with E-state index in [0.29, 0.717) is 19.3 Å². The van der Waals surface area contributed by atoms with E-state index in [-0.39, 0.29) is 36.3 Å². The van der Waals surface area contributed by atoms with Gasteiger partial charge >= 0.3 is 12.1 Å². The molecule has 1 unspecified atom stereocenters. The summed E-state index contributed by atoms with van der Waals surface area (Å²) in [5, 5.41) is 15.2. The molecule has 7 nitrogen and oxygen atoms in total. The van der Waals surface area contributed by atoms with Crippen LogP contribution in [-0.2, 0) is 14.3 Å². The number of ether oxygens (including phenoxy) is 1. The van der Waals surface area contributed by atoms with E-state index >= 15 is 0 Å². The lowest BCUT2D eigenvalue weighted by Crippen LogP contribution is -2.48. The summed E-state index contributed by atoms with van der Waals surface area (Å²) in [6.07, 6.45) is 2.16. The van der Waals surface area contributed by atoms with Crippen molar-refractivity contribution in [2.24, 2.45) is 17.3 Å². The first-order valence-corrected chi connectivity index (χ1v) is 12.5. The third-order valence-corrected chi connectivity index (χ3v) is 8.30. The van der Waals surface area contributed by atoms with E-state index in [9.17, 15) is 19.5 Å².